The van der Waals surface area contributed by atoms with E-state index in [0.717, 1.165) is 18.2 Å². The number of alkyl halides is 3. The number of carbonyl (C=O) groups is 1. The molecule has 0 unspecified atom stereocenters. The summed E-state index contributed by atoms with van der Waals surface area (Å²) in [6.45, 7) is 6.28. The van der Waals surface area contributed by atoms with Crippen LogP contribution < -0.4 is 10.6 Å². The van der Waals surface area contributed by atoms with E-state index in [1.54, 1.807) is 0 Å². The Morgan fingerprint density at radius 2 is 1.86 bits per heavy atom. The molecule has 0 aliphatic heterocycles. The van der Waals surface area contributed by atoms with Crippen LogP contribution in [0.2, 0.25) is 5.02 Å². The number of carbonyl (C=O) groups excluding carboxylic acids is 1. The van der Waals surface area contributed by atoms with E-state index in [2.05, 4.69) is 10.6 Å². The van der Waals surface area contributed by atoms with Crippen LogP contribution in [-0.2, 0) is 11.0 Å². The van der Waals surface area contributed by atoms with Crippen molar-refractivity contribution in [3.63, 3.8) is 0 Å². The first-order valence-electron chi connectivity index (χ1n) is 6.41. The zero-order chi connectivity index (χ0) is 16.3. The zero-order valence-electron chi connectivity index (χ0n) is 12.1. The first kappa shape index (κ1) is 17.8. The Morgan fingerprint density at radius 3 is 2.38 bits per heavy atom. The van der Waals surface area contributed by atoms with Crippen LogP contribution >= 0.6 is 11.6 Å². The Kier molecular flexibility index (Phi) is 5.64. The van der Waals surface area contributed by atoms with Crippen molar-refractivity contribution in [3.05, 3.63) is 28.8 Å². The molecule has 0 heterocycles. The van der Waals surface area contributed by atoms with Crippen molar-refractivity contribution in [1.29, 1.82) is 0 Å². The fourth-order valence-corrected chi connectivity index (χ4v) is 1.73. The van der Waals surface area contributed by atoms with Crippen LogP contribution in [-0.4, -0.2) is 18.0 Å². The van der Waals surface area contributed by atoms with Gasteiger partial charge in [0.1, 0.15) is 0 Å². The average Bonchev–Trinajstić information content (AvgIpc) is 2.28. The molecule has 0 saturated heterocycles. The molecule has 0 atom stereocenters. The number of benzene rings is 1. The molecule has 7 heteroatoms. The van der Waals surface area contributed by atoms with Crippen LogP contribution in [0.3, 0.4) is 0 Å². The molecule has 0 spiro atoms. The van der Waals surface area contributed by atoms with Gasteiger partial charge in [0, 0.05) is 18.5 Å². The molecule has 1 aromatic rings. The second kappa shape index (κ2) is 6.66. The van der Waals surface area contributed by atoms with Gasteiger partial charge in [-0.1, -0.05) is 11.6 Å². The largest absolute Gasteiger partial charge is 0.416 e. The maximum Gasteiger partial charge on any atom is 0.416 e. The maximum absolute atomic E-state index is 12.6. The lowest BCUT2D eigenvalue weighted by molar-refractivity contribution is -0.137. The minimum atomic E-state index is -4.47. The van der Waals surface area contributed by atoms with Crippen LogP contribution in [0, 0.1) is 0 Å². The molecule has 0 aliphatic carbocycles. The second-order valence-corrected chi connectivity index (χ2v) is 6.07. The smallest absolute Gasteiger partial charge is 0.325 e. The Hall–Kier alpha value is -1.27. The van der Waals surface area contributed by atoms with Crippen molar-refractivity contribution in [2.24, 2.45) is 0 Å². The van der Waals surface area contributed by atoms with Crippen molar-refractivity contribution in [1.82, 2.24) is 5.32 Å². The molecule has 0 bridgehead atoms. The molecule has 0 aromatic heterocycles. The van der Waals surface area contributed by atoms with E-state index >= 15 is 0 Å². The third-order valence-corrected chi connectivity index (χ3v) is 2.90. The summed E-state index contributed by atoms with van der Waals surface area (Å²) >= 11 is 5.80. The van der Waals surface area contributed by atoms with Gasteiger partial charge in [-0.05, 0) is 39.0 Å². The summed E-state index contributed by atoms with van der Waals surface area (Å²) in [7, 11) is 0. The first-order valence-corrected chi connectivity index (χ1v) is 6.78. The quantitative estimate of drug-likeness (QED) is 0.877. The fraction of sp³-hybridized carbons (Fsp3) is 0.500. The number of amides is 1. The molecular formula is C14H18ClF3N2O. The van der Waals surface area contributed by atoms with E-state index in [9.17, 15) is 18.0 Å². The molecule has 0 fully saturated rings. The molecule has 0 aliphatic rings. The lowest BCUT2D eigenvalue weighted by Crippen LogP contribution is -2.37. The van der Waals surface area contributed by atoms with Crippen molar-refractivity contribution in [3.8, 4) is 0 Å². The summed E-state index contributed by atoms with van der Waals surface area (Å²) in [5.41, 5.74) is -1.02. The van der Waals surface area contributed by atoms with Gasteiger partial charge in [-0.25, -0.2) is 0 Å². The molecule has 118 valence electrons. The highest BCUT2D eigenvalue weighted by atomic mass is 35.5. The number of halogens is 4. The molecule has 3 nitrogen and oxygen atoms in total. The van der Waals surface area contributed by atoms with E-state index in [0.29, 0.717) is 6.54 Å². The molecule has 21 heavy (non-hydrogen) atoms. The molecular weight excluding hydrogens is 305 g/mol. The van der Waals surface area contributed by atoms with Crippen molar-refractivity contribution in [2.75, 3.05) is 11.9 Å². The van der Waals surface area contributed by atoms with Crippen LogP contribution in [0.5, 0.6) is 0 Å². The van der Waals surface area contributed by atoms with Crippen LogP contribution in [0.1, 0.15) is 32.8 Å². The first-order chi connectivity index (χ1) is 9.49. The lowest BCUT2D eigenvalue weighted by Gasteiger charge is -2.20. The summed E-state index contributed by atoms with van der Waals surface area (Å²) in [6, 6.07) is 2.82. The Morgan fingerprint density at radius 1 is 1.24 bits per heavy atom. The molecule has 0 radical (unpaired) electrons. The van der Waals surface area contributed by atoms with Crippen molar-refractivity contribution < 1.29 is 18.0 Å². The minimum absolute atomic E-state index is 0.0350. The fourth-order valence-electron chi connectivity index (χ4n) is 1.56. The SMILES string of the molecule is CC(C)(C)NCCC(=O)Nc1cc(C(F)(F)F)ccc1Cl. The van der Waals surface area contributed by atoms with Gasteiger partial charge in [0.05, 0.1) is 16.3 Å². The lowest BCUT2D eigenvalue weighted by atomic mass is 10.1. The predicted molar refractivity (Wildman–Crippen MR) is 77.5 cm³/mol. The van der Waals surface area contributed by atoms with Gasteiger partial charge in [0.2, 0.25) is 5.91 Å². The second-order valence-electron chi connectivity index (χ2n) is 5.67. The Labute approximate surface area is 126 Å². The molecule has 1 rings (SSSR count). The van der Waals surface area contributed by atoms with E-state index in [-0.39, 0.29) is 22.7 Å². The number of nitrogens with one attached hydrogen (secondary N) is 2. The standard InChI is InChI=1S/C14H18ClF3N2O/c1-13(2,3)19-7-6-12(21)20-11-8-9(14(16,17)18)4-5-10(11)15/h4-5,8,19H,6-7H2,1-3H3,(H,20,21). The van der Waals surface area contributed by atoms with E-state index in [1.165, 1.54) is 0 Å². The van der Waals surface area contributed by atoms with E-state index in [1.807, 2.05) is 20.8 Å². The van der Waals surface area contributed by atoms with Crippen molar-refractivity contribution >= 4 is 23.2 Å². The van der Waals surface area contributed by atoms with Gasteiger partial charge < -0.3 is 10.6 Å². The maximum atomic E-state index is 12.6. The van der Waals surface area contributed by atoms with Crippen LogP contribution in [0.4, 0.5) is 18.9 Å². The number of anilines is 1. The number of hydrogen-bond donors (Lipinski definition) is 2. The third-order valence-electron chi connectivity index (χ3n) is 2.58. The van der Waals surface area contributed by atoms with Gasteiger partial charge in [-0.15, -0.1) is 0 Å². The highest BCUT2D eigenvalue weighted by Crippen LogP contribution is 2.33. The monoisotopic (exact) mass is 322 g/mol. The Bertz CT molecular complexity index is 510. The molecule has 0 saturated carbocycles. The number of rotatable bonds is 4. The summed E-state index contributed by atoms with van der Waals surface area (Å²) < 4.78 is 37.8. The van der Waals surface area contributed by atoms with Gasteiger partial charge in [-0.2, -0.15) is 13.2 Å². The van der Waals surface area contributed by atoms with Gasteiger partial charge in [0.15, 0.2) is 0 Å². The van der Waals surface area contributed by atoms with Crippen LogP contribution in [0.25, 0.3) is 0 Å². The summed E-state index contributed by atoms with van der Waals surface area (Å²) in [4.78, 5) is 11.7. The van der Waals surface area contributed by atoms with E-state index < -0.39 is 17.6 Å². The molecule has 2 N–H and O–H groups in total. The molecule has 1 amide bonds. The minimum Gasteiger partial charge on any atom is -0.325 e. The zero-order valence-corrected chi connectivity index (χ0v) is 12.8. The van der Waals surface area contributed by atoms with E-state index in [4.69, 9.17) is 11.6 Å². The highest BCUT2D eigenvalue weighted by Gasteiger charge is 2.31. The van der Waals surface area contributed by atoms with Gasteiger partial charge in [0.25, 0.3) is 0 Å². The van der Waals surface area contributed by atoms with Crippen molar-refractivity contribution in [2.45, 2.75) is 38.9 Å². The average molecular weight is 323 g/mol. The summed E-state index contributed by atoms with van der Waals surface area (Å²) in [5.74, 6) is -0.395. The predicted octanol–water partition coefficient (Wildman–Crippen LogP) is 4.08. The van der Waals surface area contributed by atoms with Gasteiger partial charge >= 0.3 is 6.18 Å². The van der Waals surface area contributed by atoms with Gasteiger partial charge in [-0.3, -0.25) is 4.79 Å². The Balaban J connectivity index is 2.68. The topological polar surface area (TPSA) is 41.1 Å². The highest BCUT2D eigenvalue weighted by molar-refractivity contribution is 6.33. The van der Waals surface area contributed by atoms with Crippen LogP contribution in [0.15, 0.2) is 18.2 Å². The summed E-state index contributed by atoms with van der Waals surface area (Å²) in [5, 5.41) is 5.58. The molecule has 1 aromatic carbocycles. The normalized spacial score (nSPS) is 12.3. The summed E-state index contributed by atoms with van der Waals surface area (Å²) in [6.07, 6.45) is -4.33. The third kappa shape index (κ3) is 6.35. The number of hydrogen-bond acceptors (Lipinski definition) is 2.